The molecule has 0 amide bonds. The van der Waals surface area contributed by atoms with Gasteiger partial charge >= 0.3 is 0 Å². The van der Waals surface area contributed by atoms with Gasteiger partial charge in [0, 0.05) is 35.7 Å². The van der Waals surface area contributed by atoms with Crippen molar-refractivity contribution in [3.63, 3.8) is 0 Å². The normalized spacial score (nSPS) is 17.9. The molecule has 0 saturated carbocycles. The Hall–Kier alpha value is -3.23. The third kappa shape index (κ3) is 4.00. The number of aromatic nitrogens is 3. The highest BCUT2D eigenvalue weighted by molar-refractivity contribution is 7.80. The third-order valence-corrected chi connectivity index (χ3v) is 7.22. The van der Waals surface area contributed by atoms with Crippen LogP contribution >= 0.6 is 23.6 Å². The average Bonchev–Trinajstić information content (AvgIpc) is 3.54. The van der Waals surface area contributed by atoms with Crippen molar-refractivity contribution in [2.45, 2.75) is 32.5 Å². The molecule has 1 N–H and O–H groups in total. The van der Waals surface area contributed by atoms with Gasteiger partial charge in [-0.3, -0.25) is 9.55 Å². The molecule has 1 aliphatic heterocycles. The highest BCUT2D eigenvalue weighted by atomic mass is 32.1. The number of hydrogen-bond donors (Lipinski definition) is 1. The van der Waals surface area contributed by atoms with Crippen LogP contribution in [-0.2, 0) is 6.54 Å². The first kappa shape index (κ1) is 21.6. The second kappa shape index (κ2) is 8.96. The molecule has 5 rings (SSSR count). The summed E-state index contributed by atoms with van der Waals surface area (Å²) in [6.45, 7) is 4.97. The van der Waals surface area contributed by atoms with E-state index >= 15 is 0 Å². The maximum atomic E-state index is 5.85. The van der Waals surface area contributed by atoms with Gasteiger partial charge in [0.1, 0.15) is 5.75 Å². The van der Waals surface area contributed by atoms with Crippen LogP contribution in [0.4, 0.5) is 0 Å². The molecule has 4 aromatic rings. The fraction of sp³-hybridized carbons (Fsp3) is 0.240. The summed E-state index contributed by atoms with van der Waals surface area (Å²) >= 11 is 7.49. The van der Waals surface area contributed by atoms with Crippen LogP contribution in [0.5, 0.6) is 5.75 Å². The van der Waals surface area contributed by atoms with E-state index in [0.717, 1.165) is 27.4 Å². The quantitative estimate of drug-likeness (QED) is 0.390. The van der Waals surface area contributed by atoms with Crippen molar-refractivity contribution in [1.29, 1.82) is 0 Å². The van der Waals surface area contributed by atoms with E-state index in [-0.39, 0.29) is 12.1 Å². The van der Waals surface area contributed by atoms with E-state index in [1.807, 2.05) is 42.0 Å². The van der Waals surface area contributed by atoms with E-state index in [2.05, 4.69) is 62.9 Å². The fourth-order valence-corrected chi connectivity index (χ4v) is 5.61. The summed E-state index contributed by atoms with van der Waals surface area (Å²) in [7, 11) is 1.68. The van der Waals surface area contributed by atoms with Gasteiger partial charge in [0.25, 0.3) is 0 Å². The van der Waals surface area contributed by atoms with Crippen LogP contribution in [0.15, 0.2) is 66.3 Å². The molecule has 168 valence electrons. The minimum Gasteiger partial charge on any atom is -0.497 e. The number of ether oxygens (including phenoxy) is 1. The standard InChI is InChI=1S/C25H25N5OS2/c1-16-14-20(17(2)30(16)25-27-12-13-33-25)23-22(21-6-4-5-11-26-21)28-24(32)29(23)15-18-7-9-19(31-3)10-8-18/h4-14,22-23H,15H2,1-3H3,(H,28,32)/t22-,23+/m0/s1. The van der Waals surface area contributed by atoms with E-state index in [9.17, 15) is 0 Å². The van der Waals surface area contributed by atoms with Crippen LogP contribution in [0, 0.1) is 13.8 Å². The predicted octanol–water partition coefficient (Wildman–Crippen LogP) is 5.13. The van der Waals surface area contributed by atoms with Gasteiger partial charge in [-0.15, -0.1) is 11.3 Å². The van der Waals surface area contributed by atoms with Gasteiger partial charge in [0.15, 0.2) is 10.2 Å². The Bertz CT molecular complexity index is 1250. The second-order valence-corrected chi connectivity index (χ2v) is 9.34. The first-order valence-corrected chi connectivity index (χ1v) is 12.1. The molecule has 4 heterocycles. The molecule has 6 nitrogen and oxygen atoms in total. The van der Waals surface area contributed by atoms with Crippen molar-refractivity contribution in [3.05, 3.63) is 94.5 Å². The summed E-state index contributed by atoms with van der Waals surface area (Å²) in [6, 6.07) is 16.4. The maximum Gasteiger partial charge on any atom is 0.193 e. The number of thiazole rings is 1. The molecule has 2 atom stereocenters. The molecular weight excluding hydrogens is 450 g/mol. The lowest BCUT2D eigenvalue weighted by molar-refractivity contribution is 0.310. The Kier molecular flexibility index (Phi) is 5.86. The summed E-state index contributed by atoms with van der Waals surface area (Å²) in [5, 5.41) is 7.26. The van der Waals surface area contributed by atoms with Crippen LogP contribution in [-0.4, -0.2) is 31.7 Å². The Morgan fingerprint density at radius 2 is 1.91 bits per heavy atom. The first-order chi connectivity index (χ1) is 16.1. The zero-order valence-corrected chi connectivity index (χ0v) is 20.4. The Balaban J connectivity index is 1.58. The minimum atomic E-state index is -0.0535. The van der Waals surface area contributed by atoms with Gasteiger partial charge in [-0.25, -0.2) is 4.98 Å². The summed E-state index contributed by atoms with van der Waals surface area (Å²) in [5.41, 5.74) is 5.68. The molecule has 1 fully saturated rings. The molecule has 8 heteroatoms. The van der Waals surface area contributed by atoms with Crippen LogP contribution < -0.4 is 10.1 Å². The van der Waals surface area contributed by atoms with E-state index in [1.165, 1.54) is 16.8 Å². The number of hydrogen-bond acceptors (Lipinski definition) is 5. The Morgan fingerprint density at radius 1 is 1.09 bits per heavy atom. The van der Waals surface area contributed by atoms with Crippen LogP contribution in [0.3, 0.4) is 0 Å². The topological polar surface area (TPSA) is 55.2 Å². The monoisotopic (exact) mass is 475 g/mol. The van der Waals surface area contributed by atoms with E-state index in [0.29, 0.717) is 6.54 Å². The van der Waals surface area contributed by atoms with E-state index < -0.39 is 0 Å². The maximum absolute atomic E-state index is 5.85. The van der Waals surface area contributed by atoms with Gasteiger partial charge in [-0.2, -0.15) is 0 Å². The highest BCUT2D eigenvalue weighted by Crippen LogP contribution is 2.42. The van der Waals surface area contributed by atoms with E-state index in [4.69, 9.17) is 17.0 Å². The summed E-state index contributed by atoms with van der Waals surface area (Å²) in [6.07, 6.45) is 3.68. The lowest BCUT2D eigenvalue weighted by Crippen LogP contribution is -2.29. The van der Waals surface area contributed by atoms with Gasteiger partial charge in [0.2, 0.25) is 0 Å². The molecule has 1 aliphatic rings. The molecule has 1 saturated heterocycles. The third-order valence-electron chi connectivity index (χ3n) is 6.11. The zero-order valence-electron chi connectivity index (χ0n) is 18.7. The van der Waals surface area contributed by atoms with Crippen molar-refractivity contribution in [2.75, 3.05) is 7.11 Å². The lowest BCUT2D eigenvalue weighted by atomic mass is 9.96. The SMILES string of the molecule is COc1ccc(CN2C(=S)N[C@@H](c3ccccn3)[C@H]2c2cc(C)n(-c3nccs3)c2C)cc1. The average molecular weight is 476 g/mol. The molecule has 33 heavy (non-hydrogen) atoms. The largest absolute Gasteiger partial charge is 0.497 e. The van der Waals surface area contributed by atoms with Crippen molar-refractivity contribution < 1.29 is 4.74 Å². The second-order valence-electron chi connectivity index (χ2n) is 8.08. The number of benzene rings is 1. The number of aryl methyl sites for hydroxylation is 1. The first-order valence-electron chi connectivity index (χ1n) is 10.8. The minimum absolute atomic E-state index is 0.00517. The molecule has 0 spiro atoms. The molecule has 0 radical (unpaired) electrons. The van der Waals surface area contributed by atoms with Crippen molar-refractivity contribution in [3.8, 4) is 10.9 Å². The van der Waals surface area contributed by atoms with Crippen LogP contribution in [0.1, 0.15) is 40.3 Å². The molecule has 3 aromatic heterocycles. The van der Waals surface area contributed by atoms with Gasteiger partial charge < -0.3 is 15.0 Å². The van der Waals surface area contributed by atoms with Gasteiger partial charge in [-0.05, 0) is 67.5 Å². The summed E-state index contributed by atoms with van der Waals surface area (Å²) in [5.74, 6) is 0.843. The fourth-order valence-electron chi connectivity index (χ4n) is 4.55. The number of pyridine rings is 1. The van der Waals surface area contributed by atoms with E-state index in [1.54, 1.807) is 18.4 Å². The molecule has 0 unspecified atom stereocenters. The molecule has 0 aliphatic carbocycles. The van der Waals surface area contributed by atoms with Gasteiger partial charge in [0.05, 0.1) is 24.9 Å². The van der Waals surface area contributed by atoms with Crippen molar-refractivity contribution in [2.24, 2.45) is 0 Å². The van der Waals surface area contributed by atoms with Crippen LogP contribution in [0.2, 0.25) is 0 Å². The number of methoxy groups -OCH3 is 1. The smallest absolute Gasteiger partial charge is 0.193 e. The molecule has 0 bridgehead atoms. The number of nitrogens with zero attached hydrogens (tertiary/aromatic N) is 4. The number of nitrogens with one attached hydrogen (secondary N) is 1. The lowest BCUT2D eigenvalue weighted by Gasteiger charge is -2.28. The van der Waals surface area contributed by atoms with Crippen molar-refractivity contribution in [1.82, 2.24) is 24.8 Å². The Morgan fingerprint density at radius 3 is 2.58 bits per heavy atom. The Labute approximate surface area is 202 Å². The zero-order chi connectivity index (χ0) is 22.9. The summed E-state index contributed by atoms with van der Waals surface area (Å²) in [4.78, 5) is 11.5. The molecular formula is C25H25N5OS2. The predicted molar refractivity (Wildman–Crippen MR) is 135 cm³/mol. The highest BCUT2D eigenvalue weighted by Gasteiger charge is 2.41. The number of thiocarbonyl (C=S) groups is 1. The molecule has 1 aromatic carbocycles. The number of rotatable bonds is 6. The van der Waals surface area contributed by atoms with Crippen LogP contribution in [0.25, 0.3) is 5.13 Å². The van der Waals surface area contributed by atoms with Crippen molar-refractivity contribution >= 4 is 28.7 Å². The summed E-state index contributed by atoms with van der Waals surface area (Å²) < 4.78 is 7.55. The van der Waals surface area contributed by atoms with Gasteiger partial charge in [-0.1, -0.05) is 18.2 Å².